The van der Waals surface area contributed by atoms with E-state index in [-0.39, 0.29) is 5.91 Å². The molecule has 0 atom stereocenters. The lowest BCUT2D eigenvalue weighted by Gasteiger charge is -2.14. The van der Waals surface area contributed by atoms with Gasteiger partial charge >= 0.3 is 0 Å². The number of carbonyl (C=O) groups is 1. The van der Waals surface area contributed by atoms with Crippen LogP contribution in [0.5, 0.6) is 0 Å². The zero-order chi connectivity index (χ0) is 20.5. The van der Waals surface area contributed by atoms with Crippen LogP contribution in [-0.2, 0) is 4.79 Å². The first-order chi connectivity index (χ1) is 13.9. The normalized spacial score (nSPS) is 16.6. The molecule has 4 rings (SSSR count). The van der Waals surface area contributed by atoms with Gasteiger partial charge in [0, 0.05) is 17.1 Å². The van der Waals surface area contributed by atoms with Gasteiger partial charge in [-0.05, 0) is 86.5 Å². The van der Waals surface area contributed by atoms with Crippen molar-refractivity contribution in [2.45, 2.75) is 27.7 Å². The minimum atomic E-state index is -0.110. The second-order valence-corrected chi connectivity index (χ2v) is 8.23. The molecule has 29 heavy (non-hydrogen) atoms. The molecule has 2 heterocycles. The Morgan fingerprint density at radius 3 is 2.52 bits per heavy atom. The first-order valence-corrected chi connectivity index (χ1v) is 10.4. The number of hydrogen-bond donors (Lipinski definition) is 1. The van der Waals surface area contributed by atoms with Gasteiger partial charge in [0.05, 0.1) is 10.6 Å². The summed E-state index contributed by atoms with van der Waals surface area (Å²) in [5.74, 6) is -0.110. The van der Waals surface area contributed by atoms with Crippen molar-refractivity contribution >= 4 is 34.6 Å². The van der Waals surface area contributed by atoms with Crippen molar-refractivity contribution in [3.8, 4) is 5.69 Å². The molecule has 0 saturated carbocycles. The molecule has 0 radical (unpaired) electrons. The number of aliphatic imine (C=N–C) groups is 1. The molecule has 0 aliphatic carbocycles. The number of aryl methyl sites for hydroxylation is 2. The van der Waals surface area contributed by atoms with E-state index >= 15 is 0 Å². The Balaban J connectivity index is 1.68. The van der Waals surface area contributed by atoms with Crippen LogP contribution >= 0.6 is 11.8 Å². The lowest BCUT2D eigenvalue weighted by atomic mass is 10.1. The zero-order valence-corrected chi connectivity index (χ0v) is 17.8. The second-order valence-electron chi connectivity index (χ2n) is 7.20. The number of aromatic nitrogens is 1. The summed E-state index contributed by atoms with van der Waals surface area (Å²) in [6.45, 7) is 8.47. The number of para-hydroxylation sites is 1. The number of benzene rings is 2. The number of nitrogens with one attached hydrogen (secondary N) is 1. The maximum absolute atomic E-state index is 12.5. The van der Waals surface area contributed by atoms with E-state index in [9.17, 15) is 4.79 Å². The maximum atomic E-state index is 12.5. The smallest absolute Gasteiger partial charge is 0.264 e. The monoisotopic (exact) mass is 401 g/mol. The van der Waals surface area contributed by atoms with Crippen LogP contribution in [-0.4, -0.2) is 15.6 Å². The maximum Gasteiger partial charge on any atom is 0.264 e. The molecule has 1 fully saturated rings. The standard InChI is InChI=1S/C24H23N3OS/c1-15-9-8-12-21(17(15)3)27-16(2)13-19(18(27)4)14-22-23(28)26-24(29-22)25-20-10-6-5-7-11-20/h5-14H,1-4H3,(H,25,26,28)/b22-14-. The minimum Gasteiger partial charge on any atom is -0.318 e. The van der Waals surface area contributed by atoms with E-state index in [1.807, 2.05) is 36.4 Å². The Morgan fingerprint density at radius 2 is 1.76 bits per heavy atom. The highest BCUT2D eigenvalue weighted by atomic mass is 32.2. The average molecular weight is 402 g/mol. The Morgan fingerprint density at radius 1 is 1.00 bits per heavy atom. The Bertz CT molecular complexity index is 1160. The molecule has 1 aliphatic rings. The molecule has 1 amide bonds. The van der Waals surface area contributed by atoms with E-state index in [2.05, 4.69) is 66.8 Å². The van der Waals surface area contributed by atoms with Crippen molar-refractivity contribution in [1.82, 2.24) is 9.88 Å². The fourth-order valence-electron chi connectivity index (χ4n) is 3.52. The van der Waals surface area contributed by atoms with E-state index in [1.54, 1.807) is 0 Å². The molecule has 0 spiro atoms. The molecular weight excluding hydrogens is 378 g/mol. The first-order valence-electron chi connectivity index (χ1n) is 9.54. The quantitative estimate of drug-likeness (QED) is 0.581. The molecule has 146 valence electrons. The fourth-order valence-corrected chi connectivity index (χ4v) is 4.36. The number of hydrogen-bond acceptors (Lipinski definition) is 3. The van der Waals surface area contributed by atoms with Gasteiger partial charge in [-0.2, -0.15) is 0 Å². The highest BCUT2D eigenvalue weighted by Gasteiger charge is 2.24. The largest absolute Gasteiger partial charge is 0.318 e. The van der Waals surface area contributed by atoms with E-state index < -0.39 is 0 Å². The average Bonchev–Trinajstić information content (AvgIpc) is 3.17. The third-order valence-electron chi connectivity index (χ3n) is 5.21. The van der Waals surface area contributed by atoms with Crippen molar-refractivity contribution in [2.24, 2.45) is 4.99 Å². The lowest BCUT2D eigenvalue weighted by Crippen LogP contribution is -2.19. The summed E-state index contributed by atoms with van der Waals surface area (Å²) < 4.78 is 2.26. The van der Waals surface area contributed by atoms with Gasteiger partial charge in [0.15, 0.2) is 5.17 Å². The van der Waals surface area contributed by atoms with Gasteiger partial charge in [0.25, 0.3) is 5.91 Å². The van der Waals surface area contributed by atoms with Crippen molar-refractivity contribution in [2.75, 3.05) is 0 Å². The molecule has 1 N–H and O–H groups in total. The molecule has 0 unspecified atom stereocenters. The summed E-state index contributed by atoms with van der Waals surface area (Å²) in [6, 6.07) is 18.1. The van der Waals surface area contributed by atoms with Gasteiger partial charge in [0.1, 0.15) is 0 Å². The van der Waals surface area contributed by atoms with Crippen LogP contribution in [0, 0.1) is 27.7 Å². The summed E-state index contributed by atoms with van der Waals surface area (Å²) in [4.78, 5) is 17.6. The SMILES string of the molecule is Cc1cccc(-n2c(C)cc(/C=C3\SC(=Nc4ccccc4)NC3=O)c2C)c1C. The van der Waals surface area contributed by atoms with E-state index in [0.717, 1.165) is 22.6 Å². The fraction of sp³-hybridized carbons (Fsp3) is 0.167. The van der Waals surface area contributed by atoms with Gasteiger partial charge in [0.2, 0.25) is 0 Å². The van der Waals surface area contributed by atoms with Gasteiger partial charge in [-0.25, -0.2) is 4.99 Å². The molecule has 1 saturated heterocycles. The number of thioether (sulfide) groups is 1. The molecule has 1 aliphatic heterocycles. The number of rotatable bonds is 3. The molecule has 1 aromatic heterocycles. The summed E-state index contributed by atoms with van der Waals surface area (Å²) in [6.07, 6.45) is 1.96. The van der Waals surface area contributed by atoms with Crippen molar-refractivity contribution in [1.29, 1.82) is 0 Å². The third-order valence-corrected chi connectivity index (χ3v) is 6.12. The van der Waals surface area contributed by atoms with Gasteiger partial charge in [-0.3, -0.25) is 4.79 Å². The highest BCUT2D eigenvalue weighted by molar-refractivity contribution is 8.18. The summed E-state index contributed by atoms with van der Waals surface area (Å²) in [7, 11) is 0. The van der Waals surface area contributed by atoms with Crippen LogP contribution in [0.2, 0.25) is 0 Å². The predicted molar refractivity (Wildman–Crippen MR) is 122 cm³/mol. The van der Waals surface area contributed by atoms with Crippen LogP contribution in [0.15, 0.2) is 64.5 Å². The van der Waals surface area contributed by atoms with Crippen LogP contribution in [0.3, 0.4) is 0 Å². The van der Waals surface area contributed by atoms with Crippen LogP contribution in [0.1, 0.15) is 28.1 Å². The molecule has 0 bridgehead atoms. The van der Waals surface area contributed by atoms with Crippen LogP contribution < -0.4 is 5.32 Å². The van der Waals surface area contributed by atoms with Gasteiger partial charge in [-0.15, -0.1) is 0 Å². The summed E-state index contributed by atoms with van der Waals surface area (Å²) in [5.41, 5.74) is 7.84. The Hall–Kier alpha value is -3.05. The summed E-state index contributed by atoms with van der Waals surface area (Å²) >= 11 is 1.37. The second kappa shape index (κ2) is 7.76. The molecule has 4 nitrogen and oxygen atoms in total. The van der Waals surface area contributed by atoms with Crippen LogP contribution in [0.4, 0.5) is 5.69 Å². The Labute approximate surface area is 175 Å². The third kappa shape index (κ3) is 3.78. The van der Waals surface area contributed by atoms with E-state index in [1.165, 1.54) is 28.6 Å². The van der Waals surface area contributed by atoms with E-state index in [0.29, 0.717) is 10.1 Å². The molecule has 5 heteroatoms. The van der Waals surface area contributed by atoms with Crippen molar-refractivity contribution in [3.05, 3.63) is 87.6 Å². The molecule has 3 aromatic rings. The Kier molecular flexibility index (Phi) is 5.16. The number of nitrogens with zero attached hydrogens (tertiary/aromatic N) is 2. The van der Waals surface area contributed by atoms with Gasteiger partial charge < -0.3 is 9.88 Å². The number of amides is 1. The molecular formula is C24H23N3OS. The van der Waals surface area contributed by atoms with Gasteiger partial charge in [-0.1, -0.05) is 30.3 Å². The van der Waals surface area contributed by atoms with Crippen molar-refractivity contribution in [3.63, 3.8) is 0 Å². The van der Waals surface area contributed by atoms with Crippen LogP contribution in [0.25, 0.3) is 11.8 Å². The lowest BCUT2D eigenvalue weighted by molar-refractivity contribution is -0.115. The summed E-state index contributed by atoms with van der Waals surface area (Å²) in [5, 5.41) is 3.47. The van der Waals surface area contributed by atoms with E-state index in [4.69, 9.17) is 0 Å². The van der Waals surface area contributed by atoms with Crippen molar-refractivity contribution < 1.29 is 4.79 Å². The first kappa shape index (κ1) is 19.3. The highest BCUT2D eigenvalue weighted by Crippen LogP contribution is 2.31. The molecule has 2 aromatic carbocycles. The number of amidine groups is 1. The zero-order valence-electron chi connectivity index (χ0n) is 17.0. The number of carbonyl (C=O) groups excluding carboxylic acids is 1. The minimum absolute atomic E-state index is 0.110. The topological polar surface area (TPSA) is 46.4 Å². The predicted octanol–water partition coefficient (Wildman–Crippen LogP) is 5.60.